The number of aliphatic hydroxyl groups is 6. The van der Waals surface area contributed by atoms with Crippen LogP contribution in [0.5, 0.6) is 0 Å². The van der Waals surface area contributed by atoms with E-state index >= 15 is 0 Å². The van der Waals surface area contributed by atoms with Gasteiger partial charge in [-0.3, -0.25) is 19.9 Å². The van der Waals surface area contributed by atoms with Gasteiger partial charge >= 0.3 is 0 Å². The zero-order chi connectivity index (χ0) is 79.7. The summed E-state index contributed by atoms with van der Waals surface area (Å²) < 4.78 is 4.91. The summed E-state index contributed by atoms with van der Waals surface area (Å²) in [6, 6.07) is 96.5. The zero-order valence-corrected chi connectivity index (χ0v) is 77.1. The van der Waals surface area contributed by atoms with Crippen LogP contribution in [0.15, 0.2) is 289 Å². The molecule has 0 aliphatic rings. The van der Waals surface area contributed by atoms with Gasteiger partial charge in [0.1, 0.15) is 0 Å². The molecule has 3 atom stereocenters. The van der Waals surface area contributed by atoms with Crippen molar-refractivity contribution < 1.29 is 91.0 Å². The fourth-order valence-electron chi connectivity index (χ4n) is 9.85. The van der Waals surface area contributed by atoms with Crippen LogP contribution < -0.4 is 0 Å². The maximum Gasteiger partial charge on any atom is 0.0877 e. The van der Waals surface area contributed by atoms with Crippen molar-refractivity contribution in [2.75, 3.05) is 0 Å². The van der Waals surface area contributed by atoms with E-state index in [4.69, 9.17) is 30.6 Å². The Kier molecular flexibility index (Phi) is 41.6. The Hall–Kier alpha value is -8.53. The molecule has 16 rings (SSSR count). The number of pyridine rings is 2. The largest absolute Gasteiger partial charge is 0.513 e. The van der Waals surface area contributed by atoms with E-state index in [0.717, 1.165) is 85.5 Å². The number of benzene rings is 8. The first-order chi connectivity index (χ1) is 53.3. The van der Waals surface area contributed by atoms with Crippen LogP contribution in [0.3, 0.4) is 0 Å². The molecule has 8 aromatic carbocycles. The van der Waals surface area contributed by atoms with E-state index in [1.54, 1.807) is 101 Å². The predicted molar refractivity (Wildman–Crippen MR) is 470 cm³/mol. The SMILES string of the molecule is CC(C)(C)c1c[c-]c(-c2nc3ccccc3s2)cc1.CC(C)(C)c1c[c-]c(-c2nc3ccccc3s2)cc1.CC(O)=CC(C)O.CC(O)=CC(C)O.CC(O)=CC(C)O.[Ir].[Ir].[Ir].[c-]1ccccc1-c1nc2ccccc2s1.[c-]1ccccc1-c1nc2ccccc2s1.[c-]1ccsc1-c1ccccn1.[c-]1ccsc1-c1ccccn1. The van der Waals surface area contributed by atoms with Gasteiger partial charge in [0.2, 0.25) is 0 Å². The molecule has 3 radical (unpaired) electrons. The van der Waals surface area contributed by atoms with Crippen LogP contribution in [-0.2, 0) is 71.1 Å². The fourth-order valence-corrected chi connectivity index (χ4v) is 15.0. The number of aliphatic hydroxyl groups excluding tert-OH is 6. The Balaban J connectivity index is 0.000000233. The van der Waals surface area contributed by atoms with Crippen LogP contribution in [0, 0.1) is 36.4 Å². The van der Waals surface area contributed by atoms with E-state index in [2.05, 4.69) is 193 Å². The average molecular weight is 2160 g/mol. The number of para-hydroxylation sites is 4. The van der Waals surface area contributed by atoms with Crippen molar-refractivity contribution in [3.05, 3.63) is 337 Å². The standard InChI is InChI=1S/2C17H16NS.2C13H8NS.2C9H6NS.3C5H10O2.3Ir/c2*1-17(2,3)13-10-8-12(9-11-13)16-18-14-6-4-5-7-15(14)19-16;2*1-2-6-10(7-3-1)13-14-11-8-4-5-9-12(11)15-13;2*1-2-6-10-8(4-1)9-5-3-7-11-9;3*1-4(6)3-5(2)7;;;/h2*4-8,10-11H,1-3H3;2*1-6,8-9H;2*1-4,6-7H;3*3-4,6-7H,1-2H3;;;/q6*-1;;;;;;. The number of aromatic nitrogens is 6. The topological polar surface area (TPSA) is 199 Å². The van der Waals surface area contributed by atoms with Crippen molar-refractivity contribution in [3.63, 3.8) is 0 Å². The molecule has 3 unspecified atom stereocenters. The number of fused-ring (bicyclic) bond motifs is 4. The second-order valence-corrected chi connectivity index (χ2v) is 32.8. The van der Waals surface area contributed by atoms with E-state index in [0.29, 0.717) is 0 Å². The molecule has 0 spiro atoms. The first-order valence-corrected chi connectivity index (χ1v) is 40.6. The summed E-state index contributed by atoms with van der Waals surface area (Å²) in [5.74, 6) is 0.486. The number of hydrogen-bond acceptors (Lipinski definition) is 18. The van der Waals surface area contributed by atoms with Gasteiger partial charge in [0.25, 0.3) is 0 Å². The summed E-state index contributed by atoms with van der Waals surface area (Å²) in [6.07, 6.45) is 6.06. The summed E-state index contributed by atoms with van der Waals surface area (Å²) in [5.41, 5.74) is 13.5. The number of thiazole rings is 4. The molecule has 0 amide bonds. The smallest absolute Gasteiger partial charge is 0.0877 e. The van der Waals surface area contributed by atoms with Gasteiger partial charge in [0.15, 0.2) is 0 Å². The predicted octanol–water partition coefficient (Wildman–Crippen LogP) is 25.3. The summed E-state index contributed by atoms with van der Waals surface area (Å²) in [4.78, 5) is 29.1. The van der Waals surface area contributed by atoms with Crippen molar-refractivity contribution in [1.82, 2.24) is 29.9 Å². The Morgan fingerprint density at radius 1 is 0.342 bits per heavy atom. The van der Waals surface area contributed by atoms with Gasteiger partial charge in [-0.15, -0.1) is 153 Å². The van der Waals surface area contributed by atoms with Gasteiger partial charge in [0.05, 0.1) is 57.7 Å². The quantitative estimate of drug-likeness (QED) is 0.0591. The molecule has 6 N–H and O–H groups in total. The van der Waals surface area contributed by atoms with Crippen LogP contribution in [0.25, 0.3) is 104 Å². The van der Waals surface area contributed by atoms with Gasteiger partial charge in [-0.25, -0.2) is 22.7 Å². The van der Waals surface area contributed by atoms with E-state index in [1.165, 1.54) is 68.9 Å². The summed E-state index contributed by atoms with van der Waals surface area (Å²) in [7, 11) is 0. The van der Waals surface area contributed by atoms with Crippen molar-refractivity contribution >= 4 is 109 Å². The van der Waals surface area contributed by atoms with Gasteiger partial charge in [-0.1, -0.05) is 124 Å². The Bertz CT molecular complexity index is 4930. The number of thiophene rings is 2. The van der Waals surface area contributed by atoms with Crippen LogP contribution in [0.1, 0.15) is 94.2 Å². The fraction of sp³-hybridized carbons (Fsp3) is 0.183. The third kappa shape index (κ3) is 33.0. The molecule has 12 nitrogen and oxygen atoms in total. The summed E-state index contributed by atoms with van der Waals surface area (Å²) in [5, 5.41) is 58.9. The van der Waals surface area contributed by atoms with Crippen LogP contribution >= 0.6 is 68.0 Å². The Morgan fingerprint density at radius 3 is 0.825 bits per heavy atom. The molecule has 0 fully saturated rings. The Labute approximate surface area is 735 Å². The second kappa shape index (κ2) is 49.4. The second-order valence-electron chi connectivity index (χ2n) is 26.8. The molecule has 21 heteroatoms. The number of rotatable bonds is 9. The van der Waals surface area contributed by atoms with Crippen molar-refractivity contribution in [2.24, 2.45) is 0 Å². The van der Waals surface area contributed by atoms with Crippen LogP contribution in [0.2, 0.25) is 0 Å². The normalized spacial score (nSPS) is 11.8. The van der Waals surface area contributed by atoms with Crippen molar-refractivity contribution in [1.29, 1.82) is 0 Å². The van der Waals surface area contributed by atoms with Gasteiger partial charge in [-0.2, -0.15) is 69.6 Å². The number of hydrogen-bond donors (Lipinski definition) is 6. The first kappa shape index (κ1) is 96.1. The average Bonchev–Trinajstić information content (AvgIpc) is 1.64. The van der Waals surface area contributed by atoms with Crippen molar-refractivity contribution in [2.45, 2.75) is 112 Å². The third-order valence-corrected chi connectivity index (χ3v) is 21.0. The molecule has 114 heavy (non-hydrogen) atoms. The van der Waals surface area contributed by atoms with Gasteiger partial charge in [-0.05, 0) is 143 Å². The summed E-state index contributed by atoms with van der Waals surface area (Å²) >= 11 is 10.2. The molecule has 8 aromatic heterocycles. The molecule has 0 saturated carbocycles. The maximum atomic E-state index is 8.49. The Morgan fingerprint density at radius 2 is 0.623 bits per heavy atom. The molecule has 0 bridgehead atoms. The zero-order valence-electron chi connectivity index (χ0n) is 65.0. The molecule has 0 aliphatic carbocycles. The molecular formula is C93H90Ir3N6O6S6-6. The van der Waals surface area contributed by atoms with Crippen molar-refractivity contribution in [3.8, 4) is 63.4 Å². The minimum absolute atomic E-state index is 0. The van der Waals surface area contributed by atoms with E-state index in [1.807, 2.05) is 156 Å². The van der Waals surface area contributed by atoms with Gasteiger partial charge in [0, 0.05) is 112 Å². The first-order valence-electron chi connectivity index (χ1n) is 35.6. The minimum atomic E-state index is -0.537. The molecule has 8 heterocycles. The number of nitrogens with zero attached hydrogens (tertiary/aromatic N) is 6. The third-order valence-electron chi connectivity index (χ3n) is 15.1. The maximum absolute atomic E-state index is 8.49. The summed E-state index contributed by atoms with van der Waals surface area (Å²) in [6.45, 7) is 22.6. The van der Waals surface area contributed by atoms with E-state index in [-0.39, 0.29) is 88.4 Å². The minimum Gasteiger partial charge on any atom is -0.513 e. The molecule has 597 valence electrons. The number of allylic oxidation sites excluding steroid dienone is 3. The molecule has 0 saturated heterocycles. The molecular weight excluding hydrogens is 2070 g/mol. The molecule has 16 aromatic rings. The van der Waals surface area contributed by atoms with E-state index in [9.17, 15) is 0 Å². The molecule has 0 aliphatic heterocycles. The van der Waals surface area contributed by atoms with Gasteiger partial charge < -0.3 is 40.6 Å². The van der Waals surface area contributed by atoms with Crippen LogP contribution in [-0.4, -0.2) is 78.9 Å². The van der Waals surface area contributed by atoms with E-state index < -0.39 is 18.3 Å². The monoisotopic (exact) mass is 2160 g/mol. The van der Waals surface area contributed by atoms with Crippen LogP contribution in [0.4, 0.5) is 0 Å².